The Morgan fingerprint density at radius 3 is 2.10 bits per heavy atom. The van der Waals surface area contributed by atoms with Crippen molar-refractivity contribution in [2.45, 2.75) is 26.7 Å². The SMILES string of the molecule is C=C/C=C(/C=C)SC.C=CCCC(CNC)=NC.CC. The van der Waals surface area contributed by atoms with Gasteiger partial charge < -0.3 is 5.32 Å². The molecule has 0 saturated carbocycles. The predicted octanol–water partition coefficient (Wildman–Crippen LogP) is 4.87. The van der Waals surface area contributed by atoms with E-state index in [-0.39, 0.29) is 0 Å². The van der Waals surface area contributed by atoms with E-state index in [0.717, 1.165) is 24.3 Å². The Balaban J connectivity index is -0.000000262. The largest absolute Gasteiger partial charge is 0.315 e. The Bertz CT molecular complexity index is 291. The Hall–Kier alpha value is -1.06. The van der Waals surface area contributed by atoms with Crippen molar-refractivity contribution in [1.29, 1.82) is 0 Å². The number of hydrogen-bond donors (Lipinski definition) is 1. The van der Waals surface area contributed by atoms with Gasteiger partial charge in [-0.25, -0.2) is 0 Å². The summed E-state index contributed by atoms with van der Waals surface area (Å²) >= 11 is 1.67. The molecule has 2 nitrogen and oxygen atoms in total. The molecule has 0 aromatic rings. The third kappa shape index (κ3) is 19.3. The van der Waals surface area contributed by atoms with Crippen LogP contribution >= 0.6 is 11.8 Å². The van der Waals surface area contributed by atoms with Crippen molar-refractivity contribution >= 4 is 17.5 Å². The standard InChI is InChI=1S/C8H16N2.C7H10S.C2H6/c1-4-5-6-8(10-3)7-9-2;1-4-6-7(5-2)8-3;1-2/h4,9H,1,5-7H2,2-3H3;4-6H,1-2H2,3H3;1-2H3/b;7-6-;. The zero-order chi connectivity index (χ0) is 16.2. The number of nitrogens with one attached hydrogen (secondary N) is 1. The summed E-state index contributed by atoms with van der Waals surface area (Å²) in [4.78, 5) is 5.27. The monoisotopic (exact) mass is 296 g/mol. The van der Waals surface area contributed by atoms with Crippen LogP contribution in [0, 0.1) is 0 Å². The van der Waals surface area contributed by atoms with Crippen molar-refractivity contribution in [3.8, 4) is 0 Å². The normalized spacial score (nSPS) is 10.4. The van der Waals surface area contributed by atoms with Crippen molar-refractivity contribution in [1.82, 2.24) is 5.32 Å². The second-order valence-corrected chi connectivity index (χ2v) is 4.24. The lowest BCUT2D eigenvalue weighted by Crippen LogP contribution is -2.18. The van der Waals surface area contributed by atoms with E-state index < -0.39 is 0 Å². The molecule has 0 aliphatic heterocycles. The smallest absolute Gasteiger partial charge is 0.0332 e. The third-order valence-electron chi connectivity index (χ3n) is 2.05. The first-order valence-electron chi connectivity index (χ1n) is 6.89. The molecule has 0 bridgehead atoms. The number of rotatable bonds is 8. The average molecular weight is 297 g/mol. The second-order valence-electron chi connectivity index (χ2n) is 3.36. The molecule has 0 fully saturated rings. The number of hydrogen-bond acceptors (Lipinski definition) is 3. The topological polar surface area (TPSA) is 24.4 Å². The first kappa shape index (κ1) is 24.0. The van der Waals surface area contributed by atoms with Crippen LogP contribution in [0.15, 0.2) is 53.9 Å². The zero-order valence-corrected chi connectivity index (χ0v) is 14.7. The molecular formula is C17H32N2S. The number of aliphatic imine (C=N–C) groups is 1. The van der Waals surface area contributed by atoms with Crippen LogP contribution in [0.3, 0.4) is 0 Å². The average Bonchev–Trinajstić information content (AvgIpc) is 2.51. The summed E-state index contributed by atoms with van der Waals surface area (Å²) in [5, 5.41) is 3.06. The molecule has 1 N–H and O–H groups in total. The van der Waals surface area contributed by atoms with E-state index in [1.54, 1.807) is 17.8 Å². The molecule has 3 heteroatoms. The molecule has 0 atom stereocenters. The van der Waals surface area contributed by atoms with Crippen LogP contribution in [0.2, 0.25) is 0 Å². The molecule has 0 amide bonds. The van der Waals surface area contributed by atoms with Crippen molar-refractivity contribution in [3.63, 3.8) is 0 Å². The lowest BCUT2D eigenvalue weighted by molar-refractivity contribution is 0.913. The number of thioether (sulfide) groups is 1. The van der Waals surface area contributed by atoms with Crippen LogP contribution in [-0.4, -0.2) is 32.6 Å². The highest BCUT2D eigenvalue weighted by molar-refractivity contribution is 8.02. The van der Waals surface area contributed by atoms with Crippen LogP contribution in [-0.2, 0) is 0 Å². The van der Waals surface area contributed by atoms with E-state index in [4.69, 9.17) is 0 Å². The maximum absolute atomic E-state index is 4.12. The summed E-state index contributed by atoms with van der Waals surface area (Å²) < 4.78 is 0. The molecular weight excluding hydrogens is 264 g/mol. The van der Waals surface area contributed by atoms with Gasteiger partial charge in [-0.15, -0.1) is 18.3 Å². The van der Waals surface area contributed by atoms with Gasteiger partial charge in [0.25, 0.3) is 0 Å². The lowest BCUT2D eigenvalue weighted by atomic mass is 10.2. The fraction of sp³-hybridized carbons (Fsp3) is 0.471. The Labute approximate surface area is 130 Å². The summed E-state index contributed by atoms with van der Waals surface area (Å²) in [6.07, 6.45) is 11.5. The quantitative estimate of drug-likeness (QED) is 0.392. The maximum atomic E-state index is 4.12. The van der Waals surface area contributed by atoms with Crippen molar-refractivity contribution < 1.29 is 0 Å². The molecule has 0 radical (unpaired) electrons. The lowest BCUT2D eigenvalue weighted by Gasteiger charge is -2.01. The Kier molecular flexibility index (Phi) is 27.7. The van der Waals surface area contributed by atoms with E-state index in [1.807, 2.05) is 52.4 Å². The van der Waals surface area contributed by atoms with Gasteiger partial charge in [0.2, 0.25) is 0 Å². The van der Waals surface area contributed by atoms with Crippen LogP contribution < -0.4 is 5.32 Å². The molecule has 0 aliphatic carbocycles. The highest BCUT2D eigenvalue weighted by Crippen LogP contribution is 2.10. The minimum absolute atomic E-state index is 0.893. The van der Waals surface area contributed by atoms with Gasteiger partial charge in [-0.05, 0) is 32.2 Å². The van der Waals surface area contributed by atoms with E-state index in [2.05, 4.69) is 30.0 Å². The molecule has 116 valence electrons. The molecule has 0 aliphatic rings. The van der Waals surface area contributed by atoms with Gasteiger partial charge in [0.1, 0.15) is 0 Å². The van der Waals surface area contributed by atoms with Gasteiger partial charge in [0.05, 0.1) is 0 Å². The molecule has 20 heavy (non-hydrogen) atoms. The van der Waals surface area contributed by atoms with Crippen molar-refractivity contribution in [2.24, 2.45) is 4.99 Å². The van der Waals surface area contributed by atoms with E-state index in [1.165, 1.54) is 5.71 Å². The second kappa shape index (κ2) is 23.1. The maximum Gasteiger partial charge on any atom is 0.0332 e. The van der Waals surface area contributed by atoms with E-state index in [0.29, 0.717) is 0 Å². The van der Waals surface area contributed by atoms with Crippen molar-refractivity contribution in [2.75, 3.05) is 26.9 Å². The molecule has 0 heterocycles. The molecule has 0 spiro atoms. The summed E-state index contributed by atoms with van der Waals surface area (Å²) in [5.41, 5.74) is 1.21. The van der Waals surface area contributed by atoms with Gasteiger partial charge in [-0.3, -0.25) is 4.99 Å². The van der Waals surface area contributed by atoms with Crippen LogP contribution in [0.1, 0.15) is 26.7 Å². The molecule has 0 unspecified atom stereocenters. The van der Waals surface area contributed by atoms with Gasteiger partial charge in [-0.1, -0.05) is 45.2 Å². The van der Waals surface area contributed by atoms with Gasteiger partial charge in [0.15, 0.2) is 0 Å². The first-order valence-corrected chi connectivity index (χ1v) is 8.11. The number of allylic oxidation sites excluding steroid dienone is 4. The highest BCUT2D eigenvalue weighted by atomic mass is 32.2. The van der Waals surface area contributed by atoms with Crippen molar-refractivity contribution in [3.05, 3.63) is 48.9 Å². The fourth-order valence-corrected chi connectivity index (χ4v) is 1.49. The first-order chi connectivity index (χ1) is 9.69. The molecule has 0 aromatic carbocycles. The summed E-state index contributed by atoms with van der Waals surface area (Å²) in [5.74, 6) is 0. The van der Waals surface area contributed by atoms with Crippen LogP contribution in [0.4, 0.5) is 0 Å². The molecule has 0 saturated heterocycles. The Morgan fingerprint density at radius 1 is 1.25 bits per heavy atom. The molecule has 0 rings (SSSR count). The van der Waals surface area contributed by atoms with Gasteiger partial charge >= 0.3 is 0 Å². The van der Waals surface area contributed by atoms with Gasteiger partial charge in [0, 0.05) is 24.2 Å². The van der Waals surface area contributed by atoms with E-state index in [9.17, 15) is 0 Å². The third-order valence-corrected chi connectivity index (χ3v) is 2.83. The Morgan fingerprint density at radius 2 is 1.85 bits per heavy atom. The summed E-state index contributed by atoms with van der Waals surface area (Å²) in [6, 6.07) is 0. The number of nitrogens with zero attached hydrogens (tertiary/aromatic N) is 1. The van der Waals surface area contributed by atoms with Crippen LogP contribution in [0.5, 0.6) is 0 Å². The highest BCUT2D eigenvalue weighted by Gasteiger charge is 1.92. The fourth-order valence-electron chi connectivity index (χ4n) is 1.09. The minimum atomic E-state index is 0.893. The summed E-state index contributed by atoms with van der Waals surface area (Å²) in [7, 11) is 3.76. The zero-order valence-electron chi connectivity index (χ0n) is 13.9. The van der Waals surface area contributed by atoms with E-state index >= 15 is 0 Å². The minimum Gasteiger partial charge on any atom is -0.315 e. The molecule has 0 aromatic heterocycles. The van der Waals surface area contributed by atoms with Gasteiger partial charge in [-0.2, -0.15) is 0 Å². The predicted molar refractivity (Wildman–Crippen MR) is 100 cm³/mol. The van der Waals surface area contributed by atoms with Crippen LogP contribution in [0.25, 0.3) is 0 Å². The summed E-state index contributed by atoms with van der Waals surface area (Å²) in [6.45, 7) is 15.7.